The van der Waals surface area contributed by atoms with Gasteiger partial charge in [0.25, 0.3) is 0 Å². The molecule has 0 radical (unpaired) electrons. The second kappa shape index (κ2) is 8.98. The quantitative estimate of drug-likeness (QED) is 0.488. The molecule has 1 saturated carbocycles. The minimum Gasteiger partial charge on any atom is -0.444 e. The highest BCUT2D eigenvalue weighted by atomic mass is 35.5. The van der Waals surface area contributed by atoms with Crippen molar-refractivity contribution >= 4 is 17.7 Å². The van der Waals surface area contributed by atoms with Gasteiger partial charge in [0.15, 0.2) is 5.82 Å². The average Bonchev–Trinajstić information content (AvgIpc) is 3.14. The zero-order valence-corrected chi connectivity index (χ0v) is 20.5. The van der Waals surface area contributed by atoms with Crippen LogP contribution in [-0.4, -0.2) is 41.3 Å². The summed E-state index contributed by atoms with van der Waals surface area (Å²) in [4.78, 5) is 23.5. The lowest BCUT2D eigenvalue weighted by molar-refractivity contribution is 0.0214. The molecule has 8 nitrogen and oxygen atoms in total. The van der Waals surface area contributed by atoms with Gasteiger partial charge in [-0.1, -0.05) is 11.6 Å². The molecule has 0 N–H and O–H groups in total. The number of carbonyl (C=O) groups excluding carboxylic acids is 1. The zero-order chi connectivity index (χ0) is 23.9. The fourth-order valence-corrected chi connectivity index (χ4v) is 5.07. The first-order chi connectivity index (χ1) is 16.3. The molecule has 0 unspecified atom stereocenters. The summed E-state index contributed by atoms with van der Waals surface area (Å²) in [6.07, 6.45) is 7.23. The standard InChI is InChI=1S/C25H29ClN6O2/c1-25(2,3)34-24(33)31-14-18-13-19(26)9-10-20(18)32-21(15-31)29-30-23(32)17-7-5-16(6-8-17)22-27-11-4-12-28-22/h4,9-13,16-17H,5-8,14-15H2,1-3H3/t16-,17+. The van der Waals surface area contributed by atoms with Crippen LogP contribution < -0.4 is 0 Å². The number of amides is 1. The van der Waals surface area contributed by atoms with Gasteiger partial charge in [0.1, 0.15) is 17.2 Å². The van der Waals surface area contributed by atoms with Crippen LogP contribution in [0, 0.1) is 0 Å². The molecule has 9 heteroatoms. The minimum atomic E-state index is -0.583. The number of rotatable bonds is 2. The summed E-state index contributed by atoms with van der Waals surface area (Å²) in [5.41, 5.74) is 1.34. The number of fused-ring (bicyclic) bond motifs is 3. The van der Waals surface area contributed by atoms with E-state index in [0.29, 0.717) is 24.0 Å². The third kappa shape index (κ3) is 4.64. The van der Waals surface area contributed by atoms with Gasteiger partial charge in [0.2, 0.25) is 0 Å². The lowest BCUT2D eigenvalue weighted by Gasteiger charge is -2.27. The molecule has 3 aromatic rings. The molecule has 34 heavy (non-hydrogen) atoms. The van der Waals surface area contributed by atoms with Gasteiger partial charge < -0.3 is 4.74 Å². The number of benzene rings is 1. The van der Waals surface area contributed by atoms with Gasteiger partial charge in [-0.15, -0.1) is 10.2 Å². The Morgan fingerprint density at radius 3 is 2.44 bits per heavy atom. The Hall–Kier alpha value is -3.00. The van der Waals surface area contributed by atoms with Crippen molar-refractivity contribution in [2.75, 3.05) is 0 Å². The van der Waals surface area contributed by atoms with Crippen molar-refractivity contribution in [2.24, 2.45) is 0 Å². The number of aromatic nitrogens is 5. The fourth-order valence-electron chi connectivity index (χ4n) is 4.88. The Kier molecular flexibility index (Phi) is 6.02. The largest absolute Gasteiger partial charge is 0.444 e. The van der Waals surface area contributed by atoms with Gasteiger partial charge >= 0.3 is 6.09 Å². The Morgan fingerprint density at radius 2 is 1.74 bits per heavy atom. The van der Waals surface area contributed by atoms with Crippen LogP contribution in [0.4, 0.5) is 4.79 Å². The molecular formula is C25H29ClN6O2. The highest BCUT2D eigenvalue weighted by molar-refractivity contribution is 6.30. The van der Waals surface area contributed by atoms with Crippen LogP contribution in [0.1, 0.15) is 81.3 Å². The molecule has 1 aliphatic carbocycles. The molecule has 178 valence electrons. The van der Waals surface area contributed by atoms with Crippen LogP contribution in [0.3, 0.4) is 0 Å². The summed E-state index contributed by atoms with van der Waals surface area (Å²) < 4.78 is 7.78. The molecular weight excluding hydrogens is 452 g/mol. The van der Waals surface area contributed by atoms with Crippen molar-refractivity contribution in [3.63, 3.8) is 0 Å². The van der Waals surface area contributed by atoms with E-state index in [2.05, 4.69) is 24.7 Å². The van der Waals surface area contributed by atoms with Crippen molar-refractivity contribution < 1.29 is 9.53 Å². The summed E-state index contributed by atoms with van der Waals surface area (Å²) in [5.74, 6) is 3.25. The third-order valence-corrected chi connectivity index (χ3v) is 6.66. The van der Waals surface area contributed by atoms with Crippen LogP contribution in [0.25, 0.3) is 5.69 Å². The van der Waals surface area contributed by atoms with Gasteiger partial charge in [-0.25, -0.2) is 14.8 Å². The molecule has 2 aliphatic rings. The average molecular weight is 481 g/mol. The molecule has 3 heterocycles. The Labute approximate surface area is 204 Å². The van der Waals surface area contributed by atoms with Crippen LogP contribution in [0.2, 0.25) is 5.02 Å². The molecule has 2 aromatic heterocycles. The lowest BCUT2D eigenvalue weighted by atomic mass is 9.81. The summed E-state index contributed by atoms with van der Waals surface area (Å²) in [5, 5.41) is 9.77. The fraction of sp³-hybridized carbons (Fsp3) is 0.480. The number of carbonyl (C=O) groups is 1. The highest BCUT2D eigenvalue weighted by Crippen LogP contribution is 2.40. The summed E-state index contributed by atoms with van der Waals surface area (Å²) in [7, 11) is 0. The van der Waals surface area contributed by atoms with Crippen molar-refractivity contribution in [2.45, 2.75) is 77.0 Å². The number of hydrogen-bond donors (Lipinski definition) is 0. The van der Waals surface area contributed by atoms with Gasteiger partial charge in [-0.05, 0) is 76.3 Å². The van der Waals surface area contributed by atoms with E-state index in [1.165, 1.54) is 0 Å². The monoisotopic (exact) mass is 480 g/mol. The molecule has 5 rings (SSSR count). The highest BCUT2D eigenvalue weighted by Gasteiger charge is 2.33. The molecule has 1 fully saturated rings. The van der Waals surface area contributed by atoms with E-state index in [-0.39, 0.29) is 12.0 Å². The zero-order valence-electron chi connectivity index (χ0n) is 19.7. The number of nitrogens with zero attached hydrogens (tertiary/aromatic N) is 6. The summed E-state index contributed by atoms with van der Waals surface area (Å²) in [6, 6.07) is 7.64. The van der Waals surface area contributed by atoms with Crippen LogP contribution in [0.15, 0.2) is 36.7 Å². The maximum Gasteiger partial charge on any atom is 0.411 e. The van der Waals surface area contributed by atoms with E-state index < -0.39 is 5.60 Å². The smallest absolute Gasteiger partial charge is 0.411 e. The van der Waals surface area contributed by atoms with E-state index in [1.807, 2.05) is 57.4 Å². The maximum absolute atomic E-state index is 13.0. The molecule has 0 atom stereocenters. The Morgan fingerprint density at radius 1 is 1.03 bits per heavy atom. The minimum absolute atomic E-state index is 0.276. The Bertz CT molecular complexity index is 1180. The number of hydrogen-bond acceptors (Lipinski definition) is 6. The van der Waals surface area contributed by atoms with Crippen LogP contribution in [-0.2, 0) is 17.8 Å². The predicted molar refractivity (Wildman–Crippen MR) is 128 cm³/mol. The van der Waals surface area contributed by atoms with E-state index in [1.54, 1.807) is 4.90 Å². The maximum atomic E-state index is 13.0. The normalized spacial score (nSPS) is 20.3. The first-order valence-electron chi connectivity index (χ1n) is 11.8. The van der Waals surface area contributed by atoms with Gasteiger partial charge in [0.05, 0.1) is 18.8 Å². The van der Waals surface area contributed by atoms with Crippen LogP contribution in [0.5, 0.6) is 0 Å². The second-order valence-corrected chi connectivity index (χ2v) is 10.5. The first kappa shape index (κ1) is 22.8. The van der Waals surface area contributed by atoms with E-state index >= 15 is 0 Å². The summed E-state index contributed by atoms with van der Waals surface area (Å²) in [6.45, 7) is 6.31. The van der Waals surface area contributed by atoms with Crippen molar-refractivity contribution in [1.82, 2.24) is 29.6 Å². The van der Waals surface area contributed by atoms with E-state index in [9.17, 15) is 4.79 Å². The molecule has 1 amide bonds. The van der Waals surface area contributed by atoms with Crippen molar-refractivity contribution in [1.29, 1.82) is 0 Å². The molecule has 0 bridgehead atoms. The van der Waals surface area contributed by atoms with Crippen molar-refractivity contribution in [3.05, 3.63) is 64.7 Å². The van der Waals surface area contributed by atoms with Gasteiger partial charge in [0, 0.05) is 29.3 Å². The SMILES string of the molecule is CC(C)(C)OC(=O)N1Cc2cc(Cl)ccc2-n2c(nnc2[C@H]2CC[C@@H](c3ncccn3)CC2)C1. The predicted octanol–water partition coefficient (Wildman–Crippen LogP) is 5.40. The topological polar surface area (TPSA) is 86.0 Å². The van der Waals surface area contributed by atoms with Gasteiger partial charge in [-0.2, -0.15) is 0 Å². The molecule has 1 aliphatic heterocycles. The molecule has 1 aromatic carbocycles. The van der Waals surface area contributed by atoms with E-state index in [4.69, 9.17) is 16.3 Å². The van der Waals surface area contributed by atoms with Crippen LogP contribution >= 0.6 is 11.6 Å². The summed E-state index contributed by atoms with van der Waals surface area (Å²) >= 11 is 6.34. The van der Waals surface area contributed by atoms with Gasteiger partial charge in [-0.3, -0.25) is 9.47 Å². The third-order valence-electron chi connectivity index (χ3n) is 6.43. The Balaban J connectivity index is 1.45. The number of ether oxygens (including phenoxy) is 1. The molecule has 0 spiro atoms. The van der Waals surface area contributed by atoms with Crippen molar-refractivity contribution in [3.8, 4) is 5.69 Å². The number of halogens is 1. The first-order valence-corrected chi connectivity index (χ1v) is 12.1. The molecule has 0 saturated heterocycles. The lowest BCUT2D eigenvalue weighted by Crippen LogP contribution is -2.35. The second-order valence-electron chi connectivity index (χ2n) is 10.1. The van der Waals surface area contributed by atoms with E-state index in [0.717, 1.165) is 54.4 Å².